The summed E-state index contributed by atoms with van der Waals surface area (Å²) >= 11 is 0. The highest BCUT2D eigenvalue weighted by molar-refractivity contribution is 5.99. The summed E-state index contributed by atoms with van der Waals surface area (Å²) in [6.07, 6.45) is 1.29. The molecule has 1 aromatic carbocycles. The summed E-state index contributed by atoms with van der Waals surface area (Å²) < 4.78 is 0. The first kappa shape index (κ1) is 13.2. The van der Waals surface area contributed by atoms with E-state index >= 15 is 0 Å². The van der Waals surface area contributed by atoms with Gasteiger partial charge in [0.1, 0.15) is 0 Å². The standard InChI is InChI=1S/C13H18N2O2/c1-4-7-13(17)14-11-8-5-6-9-12(11)15(3)10(2)16/h5-6,8-9H,4,7H2,1-3H3,(H,14,17). The maximum absolute atomic E-state index is 11.5. The minimum absolute atomic E-state index is 0.0306. The zero-order chi connectivity index (χ0) is 12.8. The van der Waals surface area contributed by atoms with Gasteiger partial charge >= 0.3 is 0 Å². The van der Waals surface area contributed by atoms with Gasteiger partial charge in [-0.25, -0.2) is 0 Å². The van der Waals surface area contributed by atoms with Gasteiger partial charge in [-0.05, 0) is 18.6 Å². The van der Waals surface area contributed by atoms with Crippen molar-refractivity contribution in [3.05, 3.63) is 24.3 Å². The third kappa shape index (κ3) is 3.59. The van der Waals surface area contributed by atoms with Crippen LogP contribution in [0.15, 0.2) is 24.3 Å². The van der Waals surface area contributed by atoms with Crippen molar-refractivity contribution < 1.29 is 9.59 Å². The van der Waals surface area contributed by atoms with Crippen LogP contribution in [0.4, 0.5) is 11.4 Å². The molecule has 1 rings (SSSR count). The number of para-hydroxylation sites is 2. The van der Waals surface area contributed by atoms with Gasteiger partial charge in [0.05, 0.1) is 11.4 Å². The number of nitrogens with zero attached hydrogens (tertiary/aromatic N) is 1. The molecular formula is C13H18N2O2. The zero-order valence-corrected chi connectivity index (χ0v) is 10.5. The van der Waals surface area contributed by atoms with Crippen LogP contribution < -0.4 is 10.2 Å². The van der Waals surface area contributed by atoms with Gasteiger partial charge in [-0.3, -0.25) is 9.59 Å². The van der Waals surface area contributed by atoms with E-state index in [1.807, 2.05) is 25.1 Å². The first-order valence-electron chi connectivity index (χ1n) is 5.69. The van der Waals surface area contributed by atoms with Crippen LogP contribution in [-0.2, 0) is 9.59 Å². The van der Waals surface area contributed by atoms with Crippen LogP contribution in [0.25, 0.3) is 0 Å². The van der Waals surface area contributed by atoms with Crippen molar-refractivity contribution >= 4 is 23.2 Å². The van der Waals surface area contributed by atoms with Gasteiger partial charge < -0.3 is 10.2 Å². The lowest BCUT2D eigenvalue weighted by Gasteiger charge is -2.19. The average molecular weight is 234 g/mol. The van der Waals surface area contributed by atoms with E-state index in [0.29, 0.717) is 17.8 Å². The Morgan fingerprint density at radius 2 is 1.94 bits per heavy atom. The molecule has 0 spiro atoms. The molecule has 0 saturated heterocycles. The largest absolute Gasteiger partial charge is 0.324 e. The molecule has 4 nitrogen and oxygen atoms in total. The molecule has 0 heterocycles. The predicted octanol–water partition coefficient (Wildman–Crippen LogP) is 2.41. The first-order chi connectivity index (χ1) is 8.06. The highest BCUT2D eigenvalue weighted by Crippen LogP contribution is 2.24. The predicted molar refractivity (Wildman–Crippen MR) is 69.1 cm³/mol. The number of hydrogen-bond donors (Lipinski definition) is 1. The molecule has 0 radical (unpaired) electrons. The molecule has 0 unspecified atom stereocenters. The molecule has 0 aromatic heterocycles. The third-order valence-electron chi connectivity index (χ3n) is 2.49. The highest BCUT2D eigenvalue weighted by Gasteiger charge is 2.11. The maximum Gasteiger partial charge on any atom is 0.224 e. The molecule has 0 aliphatic heterocycles. The van der Waals surface area contributed by atoms with Gasteiger partial charge in [0.15, 0.2) is 0 Å². The molecule has 2 amide bonds. The van der Waals surface area contributed by atoms with E-state index in [-0.39, 0.29) is 11.8 Å². The van der Waals surface area contributed by atoms with Crippen LogP contribution >= 0.6 is 0 Å². The molecule has 0 saturated carbocycles. The number of rotatable bonds is 4. The second kappa shape index (κ2) is 6.03. The Hall–Kier alpha value is -1.84. The van der Waals surface area contributed by atoms with E-state index in [0.717, 1.165) is 6.42 Å². The second-order valence-corrected chi connectivity index (χ2v) is 3.89. The Balaban J connectivity index is 2.92. The van der Waals surface area contributed by atoms with Gasteiger partial charge in [-0.2, -0.15) is 0 Å². The summed E-state index contributed by atoms with van der Waals surface area (Å²) in [5.41, 5.74) is 1.38. The molecule has 0 aliphatic carbocycles. The zero-order valence-electron chi connectivity index (χ0n) is 10.5. The van der Waals surface area contributed by atoms with Crippen molar-refractivity contribution in [2.45, 2.75) is 26.7 Å². The SMILES string of the molecule is CCCC(=O)Nc1ccccc1N(C)C(C)=O. The smallest absolute Gasteiger partial charge is 0.224 e. The van der Waals surface area contributed by atoms with Crippen LogP contribution in [0.1, 0.15) is 26.7 Å². The molecule has 4 heteroatoms. The molecule has 92 valence electrons. The average Bonchev–Trinajstić information content (AvgIpc) is 2.29. The van der Waals surface area contributed by atoms with E-state index in [9.17, 15) is 9.59 Å². The Morgan fingerprint density at radius 1 is 1.29 bits per heavy atom. The summed E-state index contributed by atoms with van der Waals surface area (Å²) in [4.78, 5) is 24.4. The minimum atomic E-state index is -0.0674. The van der Waals surface area contributed by atoms with Gasteiger partial charge in [0, 0.05) is 20.4 Å². The molecule has 1 N–H and O–H groups in total. The van der Waals surface area contributed by atoms with Crippen LogP contribution in [0.2, 0.25) is 0 Å². The van der Waals surface area contributed by atoms with E-state index in [4.69, 9.17) is 0 Å². The van der Waals surface area contributed by atoms with Crippen LogP contribution in [0.3, 0.4) is 0 Å². The Bertz CT molecular complexity index is 416. The van der Waals surface area contributed by atoms with Gasteiger partial charge in [-0.1, -0.05) is 19.1 Å². The van der Waals surface area contributed by atoms with Crippen LogP contribution in [0.5, 0.6) is 0 Å². The number of amides is 2. The lowest BCUT2D eigenvalue weighted by molar-refractivity contribution is -0.117. The van der Waals surface area contributed by atoms with Crippen molar-refractivity contribution in [1.82, 2.24) is 0 Å². The third-order valence-corrected chi connectivity index (χ3v) is 2.49. The molecule has 0 fully saturated rings. The normalized spacial score (nSPS) is 9.82. The van der Waals surface area contributed by atoms with E-state index in [1.54, 1.807) is 13.1 Å². The van der Waals surface area contributed by atoms with E-state index < -0.39 is 0 Å². The van der Waals surface area contributed by atoms with Crippen LogP contribution in [0, 0.1) is 0 Å². The number of carbonyl (C=O) groups excluding carboxylic acids is 2. The number of benzene rings is 1. The fourth-order valence-electron chi connectivity index (χ4n) is 1.48. The lowest BCUT2D eigenvalue weighted by Crippen LogP contribution is -2.24. The first-order valence-corrected chi connectivity index (χ1v) is 5.69. The molecule has 0 aliphatic rings. The summed E-state index contributed by atoms with van der Waals surface area (Å²) in [6.45, 7) is 3.44. The molecule has 0 atom stereocenters. The fourth-order valence-corrected chi connectivity index (χ4v) is 1.48. The number of carbonyl (C=O) groups is 2. The summed E-state index contributed by atoms with van der Waals surface area (Å²) in [7, 11) is 1.69. The Morgan fingerprint density at radius 3 is 2.53 bits per heavy atom. The Labute approximate surface area is 102 Å². The molecule has 17 heavy (non-hydrogen) atoms. The topological polar surface area (TPSA) is 49.4 Å². The molecular weight excluding hydrogens is 216 g/mol. The second-order valence-electron chi connectivity index (χ2n) is 3.89. The van der Waals surface area contributed by atoms with Gasteiger partial charge in [-0.15, -0.1) is 0 Å². The quantitative estimate of drug-likeness (QED) is 0.869. The minimum Gasteiger partial charge on any atom is -0.324 e. The van der Waals surface area contributed by atoms with Crippen molar-refractivity contribution in [2.75, 3.05) is 17.3 Å². The highest BCUT2D eigenvalue weighted by atomic mass is 16.2. The molecule has 0 bridgehead atoms. The van der Waals surface area contributed by atoms with Crippen molar-refractivity contribution in [3.63, 3.8) is 0 Å². The number of anilines is 2. The number of hydrogen-bond acceptors (Lipinski definition) is 2. The summed E-state index contributed by atoms with van der Waals surface area (Å²) in [5.74, 6) is -0.0981. The maximum atomic E-state index is 11.5. The summed E-state index contributed by atoms with van der Waals surface area (Å²) in [6, 6.07) is 7.27. The van der Waals surface area contributed by atoms with Crippen LogP contribution in [-0.4, -0.2) is 18.9 Å². The number of nitrogens with one attached hydrogen (secondary N) is 1. The van der Waals surface area contributed by atoms with Crippen molar-refractivity contribution in [3.8, 4) is 0 Å². The Kier molecular flexibility index (Phi) is 4.69. The molecule has 1 aromatic rings. The van der Waals surface area contributed by atoms with Gasteiger partial charge in [0.25, 0.3) is 0 Å². The van der Waals surface area contributed by atoms with E-state index in [2.05, 4.69) is 5.32 Å². The van der Waals surface area contributed by atoms with Gasteiger partial charge in [0.2, 0.25) is 11.8 Å². The monoisotopic (exact) mass is 234 g/mol. The van der Waals surface area contributed by atoms with Crippen molar-refractivity contribution in [1.29, 1.82) is 0 Å². The van der Waals surface area contributed by atoms with E-state index in [1.165, 1.54) is 11.8 Å². The fraction of sp³-hybridized carbons (Fsp3) is 0.385. The lowest BCUT2D eigenvalue weighted by atomic mass is 10.2. The van der Waals surface area contributed by atoms with Crippen molar-refractivity contribution in [2.24, 2.45) is 0 Å². The summed E-state index contributed by atoms with van der Waals surface area (Å²) in [5, 5.41) is 2.81.